The van der Waals surface area contributed by atoms with Crippen molar-refractivity contribution in [2.24, 2.45) is 0 Å². The molecule has 0 amide bonds. The fraction of sp³-hybridized carbons (Fsp3) is 0.500. The van der Waals surface area contributed by atoms with Gasteiger partial charge in [-0.2, -0.15) is 5.10 Å². The Labute approximate surface area is 102 Å². The van der Waals surface area contributed by atoms with Gasteiger partial charge >= 0.3 is 0 Å². The molecule has 1 aromatic rings. The van der Waals surface area contributed by atoms with Crippen LogP contribution < -0.4 is 10.5 Å². The third-order valence-electron chi connectivity index (χ3n) is 2.19. The Balaban J connectivity index is 3.02. The van der Waals surface area contributed by atoms with Crippen LogP contribution in [0.25, 0.3) is 0 Å². The van der Waals surface area contributed by atoms with E-state index >= 15 is 0 Å². The van der Waals surface area contributed by atoms with E-state index in [0.29, 0.717) is 6.54 Å². The van der Waals surface area contributed by atoms with Gasteiger partial charge in [-0.25, -0.2) is 13.1 Å². The van der Waals surface area contributed by atoms with Gasteiger partial charge in [0.25, 0.3) is 0 Å². The molecule has 0 aromatic carbocycles. The molecule has 17 heavy (non-hydrogen) atoms. The second-order valence-electron chi connectivity index (χ2n) is 3.79. The number of sulfonamides is 1. The van der Waals surface area contributed by atoms with Gasteiger partial charge in [-0.05, 0) is 13.3 Å². The van der Waals surface area contributed by atoms with Gasteiger partial charge in [0.05, 0.1) is 0 Å². The van der Waals surface area contributed by atoms with Crippen LogP contribution in [0.2, 0.25) is 0 Å². The van der Waals surface area contributed by atoms with Crippen molar-refractivity contribution in [3.05, 3.63) is 18.9 Å². The summed E-state index contributed by atoms with van der Waals surface area (Å²) in [5, 5.41) is 3.95. The normalized spacial score (nSPS) is 13.5. The molecule has 3 N–H and O–H groups in total. The summed E-state index contributed by atoms with van der Waals surface area (Å²) < 4.78 is 27.9. The number of nitrogens with one attached hydrogen (secondary N) is 1. The number of nitrogen functional groups attached to an aromatic ring is 1. The first-order valence-corrected chi connectivity index (χ1v) is 6.86. The minimum absolute atomic E-state index is 0.0136. The minimum atomic E-state index is -3.63. The fourth-order valence-corrected chi connectivity index (χ4v) is 2.61. The first kappa shape index (κ1) is 13.7. The molecule has 0 bridgehead atoms. The van der Waals surface area contributed by atoms with Crippen LogP contribution in [0, 0.1) is 0 Å². The Kier molecular flexibility index (Phi) is 4.30. The smallest absolute Gasteiger partial charge is 0.246 e. The number of aromatic nitrogens is 2. The van der Waals surface area contributed by atoms with E-state index in [4.69, 9.17) is 5.73 Å². The van der Waals surface area contributed by atoms with Crippen molar-refractivity contribution in [1.82, 2.24) is 14.5 Å². The molecule has 0 aliphatic rings. The molecule has 1 aromatic heterocycles. The molecule has 0 aliphatic heterocycles. The third kappa shape index (κ3) is 3.31. The second kappa shape index (κ2) is 5.33. The summed E-state index contributed by atoms with van der Waals surface area (Å²) in [6, 6.07) is -0.353. The highest BCUT2D eigenvalue weighted by atomic mass is 32.2. The van der Waals surface area contributed by atoms with Crippen LogP contribution in [0.1, 0.15) is 20.3 Å². The molecule has 1 heterocycles. The van der Waals surface area contributed by atoms with Crippen molar-refractivity contribution in [2.45, 2.75) is 37.8 Å². The Morgan fingerprint density at radius 2 is 2.35 bits per heavy atom. The monoisotopic (exact) mass is 258 g/mol. The van der Waals surface area contributed by atoms with Crippen molar-refractivity contribution in [1.29, 1.82) is 0 Å². The molecule has 0 radical (unpaired) electrons. The molecular weight excluding hydrogens is 240 g/mol. The number of hydrogen-bond donors (Lipinski definition) is 2. The van der Waals surface area contributed by atoms with Gasteiger partial charge in [0.2, 0.25) is 10.0 Å². The van der Waals surface area contributed by atoms with E-state index in [1.165, 1.54) is 17.0 Å². The van der Waals surface area contributed by atoms with E-state index in [0.717, 1.165) is 6.42 Å². The largest absolute Gasteiger partial charge is 0.381 e. The number of nitrogens with two attached hydrogens (primary N) is 1. The zero-order chi connectivity index (χ0) is 13.1. The maximum absolute atomic E-state index is 11.9. The zero-order valence-corrected chi connectivity index (χ0v) is 10.9. The van der Waals surface area contributed by atoms with E-state index in [2.05, 4.69) is 16.4 Å². The Morgan fingerprint density at radius 1 is 1.71 bits per heavy atom. The van der Waals surface area contributed by atoms with Gasteiger partial charge in [-0.15, -0.1) is 6.58 Å². The first-order valence-electron chi connectivity index (χ1n) is 5.38. The average molecular weight is 258 g/mol. The highest BCUT2D eigenvalue weighted by Crippen LogP contribution is 2.16. The summed E-state index contributed by atoms with van der Waals surface area (Å²) in [5.41, 5.74) is 5.60. The lowest BCUT2D eigenvalue weighted by Gasteiger charge is -2.08. The van der Waals surface area contributed by atoms with Crippen molar-refractivity contribution >= 4 is 15.8 Å². The Hall–Kier alpha value is -1.34. The highest BCUT2D eigenvalue weighted by Gasteiger charge is 2.22. The standard InChI is InChI=1S/C10H18N4O2S/c1-4-6-14-7-9(10(11)12-14)17(15,16)13-8(3)5-2/h5,7-8,13H,2,4,6H2,1,3H3,(H2,11,12). The van der Waals surface area contributed by atoms with Gasteiger partial charge in [-0.1, -0.05) is 13.0 Å². The third-order valence-corrected chi connectivity index (χ3v) is 3.77. The van der Waals surface area contributed by atoms with Crippen molar-refractivity contribution in [3.63, 3.8) is 0 Å². The lowest BCUT2D eigenvalue weighted by atomic mass is 10.4. The molecule has 0 fully saturated rings. The topological polar surface area (TPSA) is 90.0 Å². The number of aryl methyl sites for hydroxylation is 1. The van der Waals surface area contributed by atoms with E-state index < -0.39 is 10.0 Å². The summed E-state index contributed by atoms with van der Waals surface area (Å²) in [6.07, 6.45) is 3.80. The number of anilines is 1. The van der Waals surface area contributed by atoms with E-state index in [9.17, 15) is 8.42 Å². The van der Waals surface area contributed by atoms with Crippen molar-refractivity contribution in [2.75, 3.05) is 5.73 Å². The van der Waals surface area contributed by atoms with Crippen LogP contribution in [0.5, 0.6) is 0 Å². The van der Waals surface area contributed by atoms with Crippen LogP contribution in [0.3, 0.4) is 0 Å². The number of rotatable bonds is 6. The Bertz CT molecular complexity index is 492. The molecule has 1 rings (SSSR count). The lowest BCUT2D eigenvalue weighted by molar-refractivity contribution is 0.574. The maximum atomic E-state index is 11.9. The molecule has 96 valence electrons. The molecule has 6 nitrogen and oxygen atoms in total. The van der Waals surface area contributed by atoms with Gasteiger partial charge < -0.3 is 5.73 Å². The quantitative estimate of drug-likeness (QED) is 0.736. The molecule has 0 saturated carbocycles. The van der Waals surface area contributed by atoms with E-state index in [1.807, 2.05) is 6.92 Å². The van der Waals surface area contributed by atoms with E-state index in [-0.39, 0.29) is 16.8 Å². The van der Waals surface area contributed by atoms with Crippen LogP contribution in [-0.2, 0) is 16.6 Å². The van der Waals surface area contributed by atoms with Crippen LogP contribution in [-0.4, -0.2) is 24.2 Å². The fourth-order valence-electron chi connectivity index (χ4n) is 1.33. The van der Waals surface area contributed by atoms with Crippen LogP contribution in [0.4, 0.5) is 5.82 Å². The summed E-state index contributed by atoms with van der Waals surface area (Å²) >= 11 is 0. The molecule has 0 spiro atoms. The van der Waals surface area contributed by atoms with E-state index in [1.54, 1.807) is 6.92 Å². The van der Waals surface area contributed by atoms with Crippen molar-refractivity contribution < 1.29 is 8.42 Å². The number of hydrogen-bond acceptors (Lipinski definition) is 4. The molecular formula is C10H18N4O2S. The number of nitrogens with zero attached hydrogens (tertiary/aromatic N) is 2. The minimum Gasteiger partial charge on any atom is -0.381 e. The molecule has 7 heteroatoms. The predicted octanol–water partition coefficient (Wildman–Crippen LogP) is 0.728. The maximum Gasteiger partial charge on any atom is 0.246 e. The summed E-state index contributed by atoms with van der Waals surface area (Å²) in [5.74, 6) is 0.0159. The van der Waals surface area contributed by atoms with Gasteiger partial charge in [-0.3, -0.25) is 4.68 Å². The average Bonchev–Trinajstić information content (AvgIpc) is 2.60. The summed E-state index contributed by atoms with van der Waals surface area (Å²) in [7, 11) is -3.63. The zero-order valence-electron chi connectivity index (χ0n) is 10.0. The van der Waals surface area contributed by atoms with Gasteiger partial charge in [0.1, 0.15) is 4.90 Å². The predicted molar refractivity (Wildman–Crippen MR) is 66.9 cm³/mol. The van der Waals surface area contributed by atoms with Crippen LogP contribution in [0.15, 0.2) is 23.7 Å². The SMILES string of the molecule is C=CC(C)NS(=O)(=O)c1cn(CCC)nc1N. The van der Waals surface area contributed by atoms with Gasteiger partial charge in [0, 0.05) is 18.8 Å². The molecule has 1 unspecified atom stereocenters. The molecule has 0 saturated heterocycles. The second-order valence-corrected chi connectivity index (χ2v) is 5.47. The molecule has 0 aliphatic carbocycles. The Morgan fingerprint density at radius 3 is 2.88 bits per heavy atom. The lowest BCUT2D eigenvalue weighted by Crippen LogP contribution is -2.31. The molecule has 1 atom stereocenters. The summed E-state index contributed by atoms with van der Waals surface area (Å²) in [4.78, 5) is 0.0136. The summed E-state index contributed by atoms with van der Waals surface area (Å²) in [6.45, 7) is 7.82. The highest BCUT2D eigenvalue weighted by molar-refractivity contribution is 7.89. The van der Waals surface area contributed by atoms with Crippen LogP contribution >= 0.6 is 0 Å². The first-order chi connectivity index (χ1) is 7.90. The van der Waals surface area contributed by atoms with Crippen molar-refractivity contribution in [3.8, 4) is 0 Å². The van der Waals surface area contributed by atoms with Gasteiger partial charge in [0.15, 0.2) is 5.82 Å².